The predicted molar refractivity (Wildman–Crippen MR) is 91.9 cm³/mol. The summed E-state index contributed by atoms with van der Waals surface area (Å²) in [6.45, 7) is 6.37. The molecule has 0 aliphatic carbocycles. The summed E-state index contributed by atoms with van der Waals surface area (Å²) in [5, 5.41) is 2.76. The molecular formula is C16H26N2O5S. The smallest absolute Gasteiger partial charge is 0.251 e. The highest BCUT2D eigenvalue weighted by Crippen LogP contribution is 2.27. The number of nitrogens with one attached hydrogen (secondary N) is 1. The van der Waals surface area contributed by atoms with E-state index < -0.39 is 10.0 Å². The van der Waals surface area contributed by atoms with E-state index in [0.717, 1.165) is 0 Å². The fraction of sp³-hybridized carbons (Fsp3) is 0.562. The lowest BCUT2D eigenvalue weighted by Gasteiger charge is -2.20. The van der Waals surface area contributed by atoms with Crippen LogP contribution >= 0.6 is 0 Å². The average Bonchev–Trinajstić information content (AvgIpc) is 2.55. The minimum atomic E-state index is -3.74. The molecule has 0 aliphatic heterocycles. The second-order valence-corrected chi connectivity index (χ2v) is 7.19. The minimum Gasteiger partial charge on any atom is -0.495 e. The molecular weight excluding hydrogens is 332 g/mol. The van der Waals surface area contributed by atoms with E-state index in [1.165, 1.54) is 29.6 Å². The molecule has 0 aromatic heterocycles. The third kappa shape index (κ3) is 4.68. The molecule has 0 radical (unpaired) electrons. The Labute approximate surface area is 144 Å². The first-order chi connectivity index (χ1) is 11.3. The summed E-state index contributed by atoms with van der Waals surface area (Å²) in [5.41, 5.74) is 0.254. The Balaban J connectivity index is 3.24. The van der Waals surface area contributed by atoms with Crippen LogP contribution in [0, 0.1) is 0 Å². The molecule has 1 N–H and O–H groups in total. The van der Waals surface area contributed by atoms with Gasteiger partial charge in [0, 0.05) is 31.8 Å². The molecule has 0 saturated heterocycles. The number of methoxy groups -OCH3 is 2. The standard InChI is InChI=1S/C16H26N2O5S/c1-6-18(7-2)24(20,21)15-10-13(8-9-14(15)23-5)16(19)17-12(3)11-22-4/h8-10,12H,6-7,11H2,1-5H3,(H,17,19). The first kappa shape index (κ1) is 20.4. The van der Waals surface area contributed by atoms with Gasteiger partial charge in [0.25, 0.3) is 5.91 Å². The van der Waals surface area contributed by atoms with Gasteiger partial charge in [-0.1, -0.05) is 13.8 Å². The molecule has 7 nitrogen and oxygen atoms in total. The van der Waals surface area contributed by atoms with Gasteiger partial charge in [0.1, 0.15) is 10.6 Å². The molecule has 1 atom stereocenters. The van der Waals surface area contributed by atoms with Crippen molar-refractivity contribution in [2.24, 2.45) is 0 Å². The van der Waals surface area contributed by atoms with Crippen molar-refractivity contribution >= 4 is 15.9 Å². The molecule has 0 spiro atoms. The number of nitrogens with zero attached hydrogens (tertiary/aromatic N) is 1. The quantitative estimate of drug-likeness (QED) is 0.723. The van der Waals surface area contributed by atoms with Crippen molar-refractivity contribution in [3.8, 4) is 5.75 Å². The SMILES string of the molecule is CCN(CC)S(=O)(=O)c1cc(C(=O)NC(C)COC)ccc1OC. The van der Waals surface area contributed by atoms with Crippen molar-refractivity contribution in [1.29, 1.82) is 0 Å². The summed E-state index contributed by atoms with van der Waals surface area (Å²) >= 11 is 0. The van der Waals surface area contributed by atoms with Gasteiger partial charge in [0.2, 0.25) is 10.0 Å². The highest BCUT2D eigenvalue weighted by molar-refractivity contribution is 7.89. The largest absolute Gasteiger partial charge is 0.495 e. The third-order valence-corrected chi connectivity index (χ3v) is 5.61. The van der Waals surface area contributed by atoms with Gasteiger partial charge in [0.05, 0.1) is 13.7 Å². The molecule has 0 saturated carbocycles. The van der Waals surface area contributed by atoms with Crippen LogP contribution in [0.1, 0.15) is 31.1 Å². The molecule has 1 unspecified atom stereocenters. The van der Waals surface area contributed by atoms with Gasteiger partial charge in [-0.3, -0.25) is 4.79 Å². The number of rotatable bonds is 9. The molecule has 0 heterocycles. The number of sulfonamides is 1. The molecule has 0 fully saturated rings. The number of carbonyl (C=O) groups is 1. The van der Waals surface area contributed by atoms with Crippen molar-refractivity contribution in [2.45, 2.75) is 31.7 Å². The van der Waals surface area contributed by atoms with Crippen LogP contribution < -0.4 is 10.1 Å². The number of ether oxygens (including phenoxy) is 2. The summed E-state index contributed by atoms with van der Waals surface area (Å²) in [6, 6.07) is 4.19. The fourth-order valence-corrected chi connectivity index (χ4v) is 3.96. The van der Waals surface area contributed by atoms with Crippen LogP contribution in [0.2, 0.25) is 0 Å². The van der Waals surface area contributed by atoms with E-state index in [1.54, 1.807) is 27.9 Å². The lowest BCUT2D eigenvalue weighted by atomic mass is 10.2. The van der Waals surface area contributed by atoms with Crippen LogP contribution in [0.25, 0.3) is 0 Å². The van der Waals surface area contributed by atoms with E-state index in [2.05, 4.69) is 5.32 Å². The maximum atomic E-state index is 12.8. The monoisotopic (exact) mass is 358 g/mol. The molecule has 1 aromatic carbocycles. The summed E-state index contributed by atoms with van der Waals surface area (Å²) in [6.07, 6.45) is 0. The van der Waals surface area contributed by atoms with Crippen LogP contribution in [-0.4, -0.2) is 58.6 Å². The normalized spacial score (nSPS) is 12.9. The highest BCUT2D eigenvalue weighted by atomic mass is 32.2. The molecule has 24 heavy (non-hydrogen) atoms. The number of carbonyl (C=O) groups excluding carboxylic acids is 1. The lowest BCUT2D eigenvalue weighted by Crippen LogP contribution is -2.36. The van der Waals surface area contributed by atoms with Gasteiger partial charge in [-0.25, -0.2) is 8.42 Å². The van der Waals surface area contributed by atoms with Gasteiger partial charge in [-0.15, -0.1) is 0 Å². The second kappa shape index (κ2) is 9.00. The first-order valence-corrected chi connectivity index (χ1v) is 9.23. The van der Waals surface area contributed by atoms with Crippen LogP contribution in [0.15, 0.2) is 23.1 Å². The summed E-state index contributed by atoms with van der Waals surface area (Å²) in [4.78, 5) is 12.3. The maximum absolute atomic E-state index is 12.8. The van der Waals surface area contributed by atoms with E-state index in [0.29, 0.717) is 19.7 Å². The van der Waals surface area contributed by atoms with Gasteiger partial charge >= 0.3 is 0 Å². The Morgan fingerprint density at radius 2 is 1.88 bits per heavy atom. The molecule has 0 aliphatic rings. The zero-order valence-electron chi connectivity index (χ0n) is 14.8. The van der Waals surface area contributed by atoms with Crippen molar-refractivity contribution in [3.63, 3.8) is 0 Å². The highest BCUT2D eigenvalue weighted by Gasteiger charge is 2.27. The van der Waals surface area contributed by atoms with Crippen LogP contribution in [0.4, 0.5) is 0 Å². The van der Waals surface area contributed by atoms with E-state index >= 15 is 0 Å². The maximum Gasteiger partial charge on any atom is 0.251 e. The molecule has 136 valence electrons. The van der Waals surface area contributed by atoms with Gasteiger partial charge in [-0.05, 0) is 25.1 Å². The second-order valence-electron chi connectivity index (χ2n) is 5.28. The molecule has 8 heteroatoms. The lowest BCUT2D eigenvalue weighted by molar-refractivity contribution is 0.0905. The van der Waals surface area contributed by atoms with Crippen molar-refractivity contribution in [2.75, 3.05) is 33.9 Å². The van der Waals surface area contributed by atoms with Gasteiger partial charge in [0.15, 0.2) is 0 Å². The van der Waals surface area contributed by atoms with E-state index in [9.17, 15) is 13.2 Å². The Kier molecular flexibility index (Phi) is 7.65. The molecule has 1 aromatic rings. The molecule has 1 rings (SSSR count). The zero-order valence-corrected chi connectivity index (χ0v) is 15.6. The summed E-state index contributed by atoms with van der Waals surface area (Å²) in [7, 11) is -0.789. The van der Waals surface area contributed by atoms with Gasteiger partial charge < -0.3 is 14.8 Å². The number of benzene rings is 1. The van der Waals surface area contributed by atoms with Crippen LogP contribution in [0.3, 0.4) is 0 Å². The van der Waals surface area contributed by atoms with E-state index in [-0.39, 0.29) is 28.2 Å². The van der Waals surface area contributed by atoms with Crippen molar-refractivity contribution in [3.05, 3.63) is 23.8 Å². The zero-order chi connectivity index (χ0) is 18.3. The summed E-state index contributed by atoms with van der Waals surface area (Å²) < 4.78 is 37.0. The van der Waals surface area contributed by atoms with Gasteiger partial charge in [-0.2, -0.15) is 4.31 Å². The van der Waals surface area contributed by atoms with E-state index in [4.69, 9.17) is 9.47 Å². The average molecular weight is 358 g/mol. The molecule has 1 amide bonds. The Bertz CT molecular complexity index is 656. The third-order valence-electron chi connectivity index (χ3n) is 3.54. The summed E-state index contributed by atoms with van der Waals surface area (Å²) in [5.74, 6) is -0.151. The number of hydrogen-bond donors (Lipinski definition) is 1. The van der Waals surface area contributed by atoms with Crippen LogP contribution in [-0.2, 0) is 14.8 Å². The van der Waals surface area contributed by atoms with E-state index in [1.807, 2.05) is 0 Å². The Morgan fingerprint density at radius 1 is 1.25 bits per heavy atom. The minimum absolute atomic E-state index is 0.0132. The fourth-order valence-electron chi connectivity index (χ4n) is 2.32. The van der Waals surface area contributed by atoms with Crippen LogP contribution in [0.5, 0.6) is 5.75 Å². The molecule has 0 bridgehead atoms. The number of hydrogen-bond acceptors (Lipinski definition) is 5. The predicted octanol–water partition coefficient (Wildman–Crippen LogP) is 1.49. The number of amides is 1. The van der Waals surface area contributed by atoms with Crippen molar-refractivity contribution in [1.82, 2.24) is 9.62 Å². The van der Waals surface area contributed by atoms with Crippen molar-refractivity contribution < 1.29 is 22.7 Å². The topological polar surface area (TPSA) is 84.9 Å². The Morgan fingerprint density at radius 3 is 2.38 bits per heavy atom. The first-order valence-electron chi connectivity index (χ1n) is 7.79. The Hall–Kier alpha value is -1.64.